The number of aromatic hydroxyl groups is 1. The van der Waals surface area contributed by atoms with E-state index < -0.39 is 126 Å². The number of aliphatic hydroxyl groups excluding tert-OH is 1. The number of aromatic amines is 2. The van der Waals surface area contributed by atoms with Gasteiger partial charge in [0, 0.05) is 85.4 Å². The van der Waals surface area contributed by atoms with E-state index >= 15 is 0 Å². The molecule has 0 aliphatic heterocycles. The molecule has 0 aliphatic rings. The summed E-state index contributed by atoms with van der Waals surface area (Å²) in [4.78, 5) is 157. The number of amides is 12. The number of nitrogens with two attached hydrogens (primary N) is 2. The van der Waals surface area contributed by atoms with Crippen molar-refractivity contribution >= 4 is 104 Å². The van der Waals surface area contributed by atoms with E-state index in [4.69, 9.17) is 28.5 Å². The maximum atomic E-state index is 14.5. The van der Waals surface area contributed by atoms with Crippen LogP contribution in [0.25, 0.3) is 21.8 Å². The number of fused-ring (bicyclic) bond motifs is 2. The molecule has 2 aromatic heterocycles. The lowest BCUT2D eigenvalue weighted by Gasteiger charge is -2.28. The number of halogens is 1. The number of hydrogen-bond acceptors (Lipinski definition) is 14. The molecule has 508 valence electrons. The number of urea groups is 1. The summed E-state index contributed by atoms with van der Waals surface area (Å²) < 4.78 is 0. The van der Waals surface area contributed by atoms with Crippen LogP contribution < -0.4 is 75.5 Å². The first-order valence-electron chi connectivity index (χ1n) is 30.5. The van der Waals surface area contributed by atoms with Crippen LogP contribution in [0, 0.1) is 11.3 Å². The third-order valence-electron chi connectivity index (χ3n) is 15.1. The van der Waals surface area contributed by atoms with Crippen LogP contribution in [0.1, 0.15) is 75.6 Å². The Morgan fingerprint density at radius 1 is 0.547 bits per heavy atom. The predicted molar refractivity (Wildman–Crippen MR) is 352 cm³/mol. The lowest BCUT2D eigenvalue weighted by atomic mass is 10.0. The van der Waals surface area contributed by atoms with Gasteiger partial charge in [-0.2, -0.15) is 0 Å². The largest absolute Gasteiger partial charge is 0.508 e. The third kappa shape index (κ3) is 22.8. The standard InChI is InChI=1S/C64H82ClN17O13/c1-33(2)25-48(57(89)74-46(15-10-24-70-63(68)69-5)56(88)75-47(55(67)87)28-38-31-71-44-13-8-6-11-42(38)44)79-64(95)82-81-61(93)50(27-36-16-20-40(65)21-17-36)78-62(94)54(34(3)83)80-60(92)52(30-53(66)86)77-59(91)51(29-39-32-72-45-14-9-7-12-43(39)45)76-58(90)49(73-35(4)84)26-37-18-22-41(85)23-19-37/h6-9,11-14,16-23,31-34,46-52,54,71-72,83,85H,10,15,24-30H2,1-5H3,(H2,66,86)(H2,67,87)(H,73,84)(H,74,89)(H,75,88)(H,76,90)(H,77,91)(H,78,94)(H,80,92)(H,81,93)(H3,68,69,70)(H2,79,82,95)/t34-,46+,47+,48+,49-,50+,51-,52+,54?/m1/s1. The molecule has 0 aliphatic carbocycles. The van der Waals surface area contributed by atoms with Crippen LogP contribution in [0.4, 0.5) is 4.79 Å². The first kappa shape index (κ1) is 73.3. The van der Waals surface area contributed by atoms with Crippen molar-refractivity contribution in [1.29, 1.82) is 5.41 Å². The van der Waals surface area contributed by atoms with Gasteiger partial charge in [0.2, 0.25) is 53.2 Å². The van der Waals surface area contributed by atoms with Crippen LogP contribution in [-0.2, 0) is 73.6 Å². The smallest absolute Gasteiger partial charge is 0.334 e. The predicted octanol–water partition coefficient (Wildman–Crippen LogP) is -0.297. The van der Waals surface area contributed by atoms with E-state index in [2.05, 4.69) is 74.0 Å². The molecule has 95 heavy (non-hydrogen) atoms. The number of para-hydroxylation sites is 2. The second-order valence-corrected chi connectivity index (χ2v) is 23.6. The van der Waals surface area contributed by atoms with Gasteiger partial charge in [-0.05, 0) is 90.8 Å². The molecule has 0 fully saturated rings. The minimum Gasteiger partial charge on any atom is -0.508 e. The van der Waals surface area contributed by atoms with Crippen LogP contribution in [0.3, 0.4) is 0 Å². The molecule has 1 unspecified atom stereocenters. The Hall–Kier alpha value is -10.8. The fourth-order valence-corrected chi connectivity index (χ4v) is 10.4. The second kappa shape index (κ2) is 35.3. The highest BCUT2D eigenvalue weighted by molar-refractivity contribution is 6.30. The summed E-state index contributed by atoms with van der Waals surface area (Å²) in [7, 11) is 1.54. The summed E-state index contributed by atoms with van der Waals surface area (Å²) in [6, 6.07) is 13.2. The van der Waals surface area contributed by atoms with Gasteiger partial charge in [0.25, 0.3) is 5.91 Å². The Morgan fingerprint density at radius 2 is 1.02 bits per heavy atom. The number of phenolic OH excluding ortho intramolecular Hbond substituents is 1. The number of guanidine groups is 1. The monoisotopic (exact) mass is 1330 g/mol. The summed E-state index contributed by atoms with van der Waals surface area (Å²) in [5.41, 5.74) is 19.4. The summed E-state index contributed by atoms with van der Waals surface area (Å²) in [5.74, 6) is -9.72. The van der Waals surface area contributed by atoms with E-state index in [1.807, 2.05) is 24.3 Å². The van der Waals surface area contributed by atoms with Crippen molar-refractivity contribution in [3.8, 4) is 5.75 Å². The van der Waals surface area contributed by atoms with Crippen molar-refractivity contribution in [2.75, 3.05) is 13.6 Å². The molecule has 0 spiro atoms. The van der Waals surface area contributed by atoms with E-state index in [-0.39, 0.29) is 69.1 Å². The van der Waals surface area contributed by atoms with Crippen LogP contribution >= 0.6 is 11.6 Å². The zero-order valence-electron chi connectivity index (χ0n) is 52.9. The molecule has 6 aromatic rings. The fraction of sp³-hybridized carbons (Fsp3) is 0.375. The first-order valence-corrected chi connectivity index (χ1v) is 30.9. The summed E-state index contributed by atoms with van der Waals surface area (Å²) in [6.45, 7) is 6.04. The number of nitrogens with one attached hydrogen (secondary N) is 15. The molecule has 6 rings (SSSR count). The minimum absolute atomic E-state index is 0.000367. The molecule has 21 N–H and O–H groups in total. The van der Waals surface area contributed by atoms with Crippen molar-refractivity contribution in [2.45, 2.75) is 134 Å². The lowest BCUT2D eigenvalue weighted by molar-refractivity contribution is -0.137. The van der Waals surface area contributed by atoms with E-state index in [1.54, 1.807) is 50.5 Å². The fourth-order valence-electron chi connectivity index (χ4n) is 10.3. The van der Waals surface area contributed by atoms with Gasteiger partial charge in [-0.3, -0.25) is 58.8 Å². The SMILES string of the molecule is CNC(=N)NCCC[C@H](NC(=O)[C@H](CC(C)C)NC(=O)NNC(=O)[C@H](Cc1ccc(Cl)cc1)NC(=O)C(NC(=O)[C@H](CC(N)=O)NC(=O)[C@@H](Cc1c[nH]c2ccccc12)NC(=O)[C@@H](Cc1ccc(O)cc1)NC(C)=O)[C@@H](C)O)C(=O)N[C@@H](Cc1c[nH]c2ccccc12)C(N)=O. The average Bonchev–Trinajstić information content (AvgIpc) is 1.83. The number of aliphatic hydroxyl groups is 1. The van der Waals surface area contributed by atoms with Crippen LogP contribution in [0.2, 0.25) is 5.02 Å². The number of aromatic nitrogens is 2. The zero-order valence-corrected chi connectivity index (χ0v) is 53.7. The van der Waals surface area contributed by atoms with Crippen LogP contribution in [-0.4, -0.2) is 159 Å². The Balaban J connectivity index is 1.17. The lowest BCUT2D eigenvalue weighted by Crippen LogP contribution is -2.62. The van der Waals surface area contributed by atoms with Crippen LogP contribution in [0.5, 0.6) is 5.75 Å². The van der Waals surface area contributed by atoms with Crippen molar-refractivity contribution in [3.05, 3.63) is 137 Å². The number of primary amides is 2. The van der Waals surface area contributed by atoms with Crippen molar-refractivity contribution in [3.63, 3.8) is 0 Å². The maximum absolute atomic E-state index is 14.5. The van der Waals surface area contributed by atoms with Gasteiger partial charge in [0.05, 0.1) is 12.5 Å². The molecule has 31 heteroatoms. The summed E-state index contributed by atoms with van der Waals surface area (Å²) in [6.07, 6.45) is 0.346. The molecular weight excluding hydrogens is 1250 g/mol. The number of H-pyrrole nitrogens is 2. The topological polar surface area (TPSA) is 480 Å². The summed E-state index contributed by atoms with van der Waals surface area (Å²) >= 11 is 6.15. The van der Waals surface area contributed by atoms with E-state index in [0.29, 0.717) is 38.2 Å². The number of hydrazine groups is 1. The van der Waals surface area contributed by atoms with Gasteiger partial charge in [-0.25, -0.2) is 10.2 Å². The van der Waals surface area contributed by atoms with Crippen molar-refractivity contribution < 1.29 is 63.0 Å². The Kier molecular flexibility index (Phi) is 27.3. The molecular formula is C64H82ClN17O13. The molecule has 0 saturated heterocycles. The molecule has 4 aromatic carbocycles. The Bertz CT molecular complexity index is 3710. The number of carbonyl (C=O) groups is 11. The second-order valence-electron chi connectivity index (χ2n) is 23.2. The molecule has 9 atom stereocenters. The first-order chi connectivity index (χ1) is 45.2. The molecule has 30 nitrogen and oxygen atoms in total. The Labute approximate surface area is 551 Å². The van der Waals surface area contributed by atoms with Gasteiger partial charge in [0.1, 0.15) is 54.1 Å². The number of benzene rings is 4. The summed E-state index contributed by atoms with van der Waals surface area (Å²) in [5, 5.41) is 56.3. The highest BCUT2D eigenvalue weighted by atomic mass is 35.5. The average molecular weight is 1330 g/mol. The molecule has 0 saturated carbocycles. The van der Waals surface area contributed by atoms with E-state index in [9.17, 15) is 63.0 Å². The van der Waals surface area contributed by atoms with Gasteiger partial charge < -0.3 is 84.8 Å². The van der Waals surface area contributed by atoms with Gasteiger partial charge in [-0.1, -0.05) is 86.1 Å². The molecule has 2 heterocycles. The van der Waals surface area contributed by atoms with Crippen LogP contribution in [0.15, 0.2) is 109 Å². The van der Waals surface area contributed by atoms with Gasteiger partial charge >= 0.3 is 6.03 Å². The molecule has 0 bridgehead atoms. The number of hydrogen-bond donors (Lipinski definition) is 19. The van der Waals surface area contributed by atoms with Crippen molar-refractivity contribution in [1.82, 2.24) is 74.0 Å². The van der Waals surface area contributed by atoms with Crippen molar-refractivity contribution in [2.24, 2.45) is 17.4 Å². The van der Waals surface area contributed by atoms with Gasteiger partial charge in [-0.15, -0.1) is 0 Å². The zero-order chi connectivity index (χ0) is 69.5. The van der Waals surface area contributed by atoms with E-state index in [0.717, 1.165) is 17.8 Å². The minimum atomic E-state index is -1.92. The molecule has 12 amide bonds. The number of carbonyl (C=O) groups excluding carboxylic acids is 11. The maximum Gasteiger partial charge on any atom is 0.334 e. The normalized spacial score (nSPS) is 13.9. The quantitative estimate of drug-likeness (QED) is 0.0109. The van der Waals surface area contributed by atoms with Gasteiger partial charge in [0.15, 0.2) is 5.96 Å². The molecule has 0 radical (unpaired) electrons. The third-order valence-corrected chi connectivity index (χ3v) is 15.4. The number of phenols is 1. The number of rotatable bonds is 33. The highest BCUT2D eigenvalue weighted by Crippen LogP contribution is 2.22. The van der Waals surface area contributed by atoms with E-state index in [1.165, 1.54) is 62.5 Å². The Morgan fingerprint density at radius 3 is 1.56 bits per heavy atom. The highest BCUT2D eigenvalue weighted by Gasteiger charge is 2.36.